The summed E-state index contributed by atoms with van der Waals surface area (Å²) in [5.74, 6) is -1.72. The number of thiophene rings is 1. The van der Waals surface area contributed by atoms with Crippen LogP contribution in [0.2, 0.25) is 0 Å². The quantitative estimate of drug-likeness (QED) is 0.216. The Balaban J connectivity index is 1.31. The van der Waals surface area contributed by atoms with Gasteiger partial charge in [0.25, 0.3) is 11.8 Å². The molecule has 44 heavy (non-hydrogen) atoms. The summed E-state index contributed by atoms with van der Waals surface area (Å²) in [6.45, 7) is 2.40. The summed E-state index contributed by atoms with van der Waals surface area (Å²) >= 11 is 1.24. The van der Waals surface area contributed by atoms with E-state index in [1.54, 1.807) is 13.0 Å². The predicted octanol–water partition coefficient (Wildman–Crippen LogP) is 6.45. The Kier molecular flexibility index (Phi) is 7.25. The van der Waals surface area contributed by atoms with Crippen molar-refractivity contribution in [1.29, 1.82) is 0 Å². The highest BCUT2D eigenvalue weighted by Crippen LogP contribution is 2.49. The van der Waals surface area contributed by atoms with Crippen LogP contribution in [-0.4, -0.2) is 38.4 Å². The van der Waals surface area contributed by atoms with Crippen molar-refractivity contribution in [3.05, 3.63) is 111 Å². The molecule has 11 heteroatoms. The molecule has 3 aromatic heterocycles. The molecular weight excluding hydrogens is 584 g/mol. The van der Waals surface area contributed by atoms with Gasteiger partial charge in [0.05, 0.1) is 33.4 Å². The molecule has 2 aliphatic heterocycles. The molecule has 7 rings (SSSR count). The van der Waals surface area contributed by atoms with Crippen molar-refractivity contribution in [2.24, 2.45) is 0 Å². The fraction of sp³-hybridized carbons (Fsp3) is 0.242. The lowest BCUT2D eigenvalue weighted by atomic mass is 9.93. The first kappa shape index (κ1) is 28.0. The fourth-order valence-electron chi connectivity index (χ4n) is 6.03. The van der Waals surface area contributed by atoms with Gasteiger partial charge in [-0.2, -0.15) is 0 Å². The number of rotatable bonds is 8. The number of fused-ring (bicyclic) bond motifs is 3. The summed E-state index contributed by atoms with van der Waals surface area (Å²) < 4.78 is 33.0. The standard InChI is InChI=1S/C33H27F2N5O3S/c1-18-38-39-32(43-18)27-23(12-10-19-6-3-2-4-7-19)37-30-24-8-5-15-40(24)33(42)29(30)28(27)25-13-14-26(44-25)31(41)36-17-20-9-11-21(34)22(35)16-20/h2-4,6-7,9,11,13-14,16,24H,5,8,10,12,15,17H2,1H3,(H,36,41)/t24-/m1/s1. The minimum absolute atomic E-state index is 0.0270. The molecule has 2 amide bonds. The number of hydrogen-bond donors (Lipinski definition) is 1. The first-order chi connectivity index (χ1) is 21.4. The third-order valence-corrected chi connectivity index (χ3v) is 9.19. The maximum Gasteiger partial charge on any atom is 0.261 e. The number of pyridine rings is 1. The molecule has 222 valence electrons. The van der Waals surface area contributed by atoms with Gasteiger partial charge in [0.2, 0.25) is 11.8 Å². The van der Waals surface area contributed by atoms with Crippen molar-refractivity contribution < 1.29 is 22.8 Å². The Morgan fingerprint density at radius 3 is 2.61 bits per heavy atom. The Morgan fingerprint density at radius 1 is 1.00 bits per heavy atom. The third kappa shape index (κ3) is 5.06. The summed E-state index contributed by atoms with van der Waals surface area (Å²) in [7, 11) is 0. The van der Waals surface area contributed by atoms with Crippen LogP contribution in [0.4, 0.5) is 8.78 Å². The predicted molar refractivity (Wildman–Crippen MR) is 160 cm³/mol. The number of aryl methyl sites for hydroxylation is 3. The number of amides is 2. The first-order valence-electron chi connectivity index (χ1n) is 14.4. The molecule has 5 heterocycles. The monoisotopic (exact) mass is 611 g/mol. The SMILES string of the molecule is Cc1nnc(-c2c(CCc3ccccc3)nc3c(c2-c2ccc(C(=O)NCc4ccc(F)c(F)c4)s2)C(=O)N2CCC[C@H]32)o1. The van der Waals surface area contributed by atoms with Gasteiger partial charge in [-0.3, -0.25) is 14.6 Å². The molecule has 0 radical (unpaired) electrons. The molecule has 1 N–H and O–H groups in total. The minimum atomic E-state index is -0.973. The van der Waals surface area contributed by atoms with Gasteiger partial charge in [0, 0.05) is 30.5 Å². The molecule has 5 aromatic rings. The van der Waals surface area contributed by atoms with E-state index in [4.69, 9.17) is 9.40 Å². The van der Waals surface area contributed by atoms with Crippen LogP contribution in [0, 0.1) is 18.6 Å². The Hall–Kier alpha value is -4.77. The van der Waals surface area contributed by atoms with Crippen LogP contribution in [0.1, 0.15) is 67.3 Å². The molecular formula is C33H27F2N5O3S. The second kappa shape index (κ2) is 11.4. The highest BCUT2D eigenvalue weighted by Gasteiger charge is 2.44. The fourth-order valence-corrected chi connectivity index (χ4v) is 7.01. The average Bonchev–Trinajstić information content (AvgIpc) is 3.84. The van der Waals surface area contributed by atoms with Crippen LogP contribution >= 0.6 is 11.3 Å². The van der Waals surface area contributed by atoms with Crippen molar-refractivity contribution in [2.75, 3.05) is 6.54 Å². The van der Waals surface area contributed by atoms with Crippen LogP contribution in [0.3, 0.4) is 0 Å². The lowest BCUT2D eigenvalue weighted by molar-refractivity contribution is 0.0776. The van der Waals surface area contributed by atoms with Crippen molar-refractivity contribution in [1.82, 2.24) is 25.4 Å². The molecule has 1 saturated heterocycles. The number of carbonyl (C=O) groups excluding carboxylic acids is 2. The molecule has 8 nitrogen and oxygen atoms in total. The normalized spacial score (nSPS) is 15.5. The molecule has 0 aliphatic carbocycles. The van der Waals surface area contributed by atoms with Crippen molar-refractivity contribution in [3.8, 4) is 21.9 Å². The third-order valence-electron chi connectivity index (χ3n) is 8.09. The smallest absolute Gasteiger partial charge is 0.261 e. The van der Waals surface area contributed by atoms with E-state index in [1.807, 2.05) is 29.2 Å². The zero-order chi connectivity index (χ0) is 30.4. The lowest BCUT2D eigenvalue weighted by Gasteiger charge is -2.16. The van der Waals surface area contributed by atoms with Crippen LogP contribution in [0.25, 0.3) is 21.9 Å². The zero-order valence-electron chi connectivity index (χ0n) is 23.8. The van der Waals surface area contributed by atoms with E-state index in [-0.39, 0.29) is 30.3 Å². The van der Waals surface area contributed by atoms with Gasteiger partial charge in [-0.05, 0) is 61.1 Å². The first-order valence-corrected chi connectivity index (χ1v) is 15.2. The lowest BCUT2D eigenvalue weighted by Crippen LogP contribution is -2.23. The highest BCUT2D eigenvalue weighted by molar-refractivity contribution is 7.17. The Bertz CT molecular complexity index is 1900. The van der Waals surface area contributed by atoms with Gasteiger partial charge in [-0.15, -0.1) is 21.5 Å². The maximum atomic E-state index is 13.9. The van der Waals surface area contributed by atoms with Crippen LogP contribution in [0.5, 0.6) is 0 Å². The summed E-state index contributed by atoms with van der Waals surface area (Å²) in [4.78, 5) is 35.2. The summed E-state index contributed by atoms with van der Waals surface area (Å²) in [5.41, 5.74) is 4.85. The molecule has 0 unspecified atom stereocenters. The van der Waals surface area contributed by atoms with E-state index >= 15 is 0 Å². The maximum absolute atomic E-state index is 13.9. The topological polar surface area (TPSA) is 101 Å². The number of nitrogens with zero attached hydrogens (tertiary/aromatic N) is 4. The highest BCUT2D eigenvalue weighted by atomic mass is 32.1. The molecule has 0 saturated carbocycles. The Morgan fingerprint density at radius 2 is 1.84 bits per heavy atom. The second-order valence-corrected chi connectivity index (χ2v) is 12.0. The molecule has 2 aliphatic rings. The minimum Gasteiger partial charge on any atom is -0.421 e. The van der Waals surface area contributed by atoms with E-state index in [0.717, 1.165) is 48.3 Å². The zero-order valence-corrected chi connectivity index (χ0v) is 24.6. The van der Waals surface area contributed by atoms with Gasteiger partial charge in [-0.25, -0.2) is 8.78 Å². The summed E-state index contributed by atoms with van der Waals surface area (Å²) in [6, 6.07) is 17.0. The van der Waals surface area contributed by atoms with Gasteiger partial charge in [-0.1, -0.05) is 36.4 Å². The van der Waals surface area contributed by atoms with Crippen molar-refractivity contribution >= 4 is 23.2 Å². The number of halogens is 2. The van der Waals surface area contributed by atoms with Gasteiger partial charge in [0.1, 0.15) is 0 Å². The van der Waals surface area contributed by atoms with Gasteiger partial charge in [0.15, 0.2) is 11.6 Å². The van der Waals surface area contributed by atoms with Crippen LogP contribution in [0.15, 0.2) is 65.1 Å². The van der Waals surface area contributed by atoms with E-state index in [2.05, 4.69) is 27.6 Å². The summed E-state index contributed by atoms with van der Waals surface area (Å²) in [6.07, 6.45) is 3.05. The van der Waals surface area contributed by atoms with Crippen LogP contribution in [-0.2, 0) is 19.4 Å². The van der Waals surface area contributed by atoms with Gasteiger partial charge < -0.3 is 14.6 Å². The summed E-state index contributed by atoms with van der Waals surface area (Å²) in [5, 5.41) is 11.2. The largest absolute Gasteiger partial charge is 0.421 e. The average molecular weight is 612 g/mol. The number of benzene rings is 2. The molecule has 2 aromatic carbocycles. The van der Waals surface area contributed by atoms with Crippen LogP contribution < -0.4 is 5.32 Å². The number of nitrogens with one attached hydrogen (secondary N) is 1. The number of carbonyl (C=O) groups is 2. The van der Waals surface area contributed by atoms with Gasteiger partial charge >= 0.3 is 0 Å². The van der Waals surface area contributed by atoms with Crippen molar-refractivity contribution in [3.63, 3.8) is 0 Å². The second-order valence-electron chi connectivity index (χ2n) is 10.9. The molecule has 0 spiro atoms. The van der Waals surface area contributed by atoms with E-state index in [0.29, 0.717) is 50.9 Å². The Labute approximate surface area is 255 Å². The van der Waals surface area contributed by atoms with E-state index < -0.39 is 11.6 Å². The molecule has 1 fully saturated rings. The van der Waals surface area contributed by atoms with Crippen molar-refractivity contribution in [2.45, 2.75) is 45.2 Å². The van der Waals surface area contributed by atoms with E-state index in [1.165, 1.54) is 17.4 Å². The van der Waals surface area contributed by atoms with E-state index in [9.17, 15) is 18.4 Å². The molecule has 1 atom stereocenters. The number of aromatic nitrogens is 3. The number of hydrogen-bond acceptors (Lipinski definition) is 7. The molecule has 0 bridgehead atoms.